The maximum absolute atomic E-state index is 13.1. The second-order valence-corrected chi connectivity index (χ2v) is 5.73. The zero-order valence-corrected chi connectivity index (χ0v) is 15.0. The highest BCUT2D eigenvalue weighted by Gasteiger charge is 2.28. The molecule has 0 aliphatic rings. The van der Waals surface area contributed by atoms with Gasteiger partial charge in [0.05, 0.1) is 11.2 Å². The summed E-state index contributed by atoms with van der Waals surface area (Å²) in [5, 5.41) is 11.6. The molecule has 7 heteroatoms. The average molecular weight is 379 g/mol. The van der Waals surface area contributed by atoms with Gasteiger partial charge < -0.3 is 13.9 Å². The van der Waals surface area contributed by atoms with Crippen molar-refractivity contribution in [2.75, 3.05) is 13.9 Å². The Labute approximate surface area is 161 Å². The summed E-state index contributed by atoms with van der Waals surface area (Å²) in [6.07, 6.45) is 4.87. The molecule has 0 amide bonds. The van der Waals surface area contributed by atoms with Gasteiger partial charge in [0.2, 0.25) is 5.78 Å². The summed E-state index contributed by atoms with van der Waals surface area (Å²) in [5.74, 6) is 0.159. The lowest BCUT2D eigenvalue weighted by atomic mass is 9.97. The van der Waals surface area contributed by atoms with Crippen molar-refractivity contribution in [1.29, 1.82) is 0 Å². The van der Waals surface area contributed by atoms with E-state index >= 15 is 0 Å². The molecular formula is C21H17NO6. The average Bonchev–Trinajstić information content (AvgIpc) is 3.24. The van der Waals surface area contributed by atoms with Crippen molar-refractivity contribution in [3.8, 4) is 5.75 Å². The van der Waals surface area contributed by atoms with Crippen LogP contribution in [-0.4, -0.2) is 24.6 Å². The minimum Gasteiger partial charge on any atom is -0.466 e. The normalized spacial score (nSPS) is 10.9. The Morgan fingerprint density at radius 2 is 1.89 bits per heavy atom. The SMILES string of the molecule is COCOc1c(C=Cc2ccco2)ccc([N+](=O)[O-])c1C(=O)c1ccccc1. The van der Waals surface area contributed by atoms with Gasteiger partial charge in [0, 0.05) is 24.3 Å². The van der Waals surface area contributed by atoms with E-state index in [0.29, 0.717) is 16.9 Å². The zero-order chi connectivity index (χ0) is 19.9. The van der Waals surface area contributed by atoms with Crippen LogP contribution in [-0.2, 0) is 4.74 Å². The number of furan rings is 1. The maximum atomic E-state index is 13.1. The smallest absolute Gasteiger partial charge is 0.284 e. The van der Waals surface area contributed by atoms with Crippen molar-refractivity contribution in [3.63, 3.8) is 0 Å². The summed E-state index contributed by atoms with van der Waals surface area (Å²) in [4.78, 5) is 24.0. The van der Waals surface area contributed by atoms with Crippen LogP contribution in [0.25, 0.3) is 12.2 Å². The lowest BCUT2D eigenvalue weighted by molar-refractivity contribution is -0.385. The third-order valence-corrected chi connectivity index (χ3v) is 3.92. The fourth-order valence-electron chi connectivity index (χ4n) is 2.66. The first-order valence-corrected chi connectivity index (χ1v) is 8.36. The van der Waals surface area contributed by atoms with Crippen molar-refractivity contribution in [1.82, 2.24) is 0 Å². The predicted molar refractivity (Wildman–Crippen MR) is 103 cm³/mol. The van der Waals surface area contributed by atoms with Crippen LogP contribution in [0, 0.1) is 10.1 Å². The topological polar surface area (TPSA) is 91.8 Å². The first-order valence-electron chi connectivity index (χ1n) is 8.36. The lowest BCUT2D eigenvalue weighted by Gasteiger charge is -2.13. The van der Waals surface area contributed by atoms with E-state index in [1.807, 2.05) is 0 Å². The van der Waals surface area contributed by atoms with Gasteiger partial charge in [-0.05, 0) is 30.4 Å². The van der Waals surface area contributed by atoms with E-state index in [2.05, 4.69) is 0 Å². The number of methoxy groups -OCH3 is 1. The van der Waals surface area contributed by atoms with Crippen molar-refractivity contribution in [3.05, 3.63) is 93.4 Å². The molecule has 0 saturated heterocycles. The number of nitro groups is 1. The van der Waals surface area contributed by atoms with Gasteiger partial charge in [0.25, 0.3) is 5.69 Å². The van der Waals surface area contributed by atoms with E-state index in [1.165, 1.54) is 25.5 Å². The molecule has 0 spiro atoms. The largest absolute Gasteiger partial charge is 0.466 e. The van der Waals surface area contributed by atoms with Gasteiger partial charge in [0.1, 0.15) is 17.1 Å². The predicted octanol–water partition coefficient (Wildman–Crippen LogP) is 4.57. The highest BCUT2D eigenvalue weighted by Crippen LogP contribution is 2.35. The van der Waals surface area contributed by atoms with E-state index in [1.54, 1.807) is 54.6 Å². The van der Waals surface area contributed by atoms with Gasteiger partial charge in [-0.3, -0.25) is 14.9 Å². The lowest BCUT2D eigenvalue weighted by Crippen LogP contribution is -2.11. The highest BCUT2D eigenvalue weighted by molar-refractivity contribution is 6.14. The minimum absolute atomic E-state index is 0.0766. The first-order chi connectivity index (χ1) is 13.6. The molecule has 0 bridgehead atoms. The molecule has 2 aromatic carbocycles. The van der Waals surface area contributed by atoms with Crippen molar-refractivity contribution < 1.29 is 23.6 Å². The standard InChI is InChI=1S/C21H17NO6/c1-26-14-28-21-16(9-11-17-8-5-13-27-17)10-12-18(22(24)25)19(21)20(23)15-6-3-2-4-7-15/h2-13H,14H2,1H3. The summed E-state index contributed by atoms with van der Waals surface area (Å²) >= 11 is 0. The van der Waals surface area contributed by atoms with E-state index in [-0.39, 0.29) is 23.8 Å². The summed E-state index contributed by atoms with van der Waals surface area (Å²) < 4.78 is 15.8. The van der Waals surface area contributed by atoms with E-state index < -0.39 is 10.7 Å². The molecule has 0 N–H and O–H groups in total. The molecule has 0 saturated carbocycles. The van der Waals surface area contributed by atoms with E-state index in [0.717, 1.165) is 0 Å². The number of rotatable bonds is 8. The molecule has 0 unspecified atom stereocenters. The molecule has 3 aromatic rings. The molecular weight excluding hydrogens is 362 g/mol. The molecule has 7 nitrogen and oxygen atoms in total. The van der Waals surface area contributed by atoms with Crippen LogP contribution in [0.5, 0.6) is 5.75 Å². The molecule has 0 fully saturated rings. The van der Waals surface area contributed by atoms with Crippen LogP contribution >= 0.6 is 0 Å². The summed E-state index contributed by atoms with van der Waals surface area (Å²) in [6.45, 7) is -0.169. The number of nitrogens with zero attached hydrogens (tertiary/aromatic N) is 1. The van der Waals surface area contributed by atoms with Gasteiger partial charge in [-0.2, -0.15) is 0 Å². The molecule has 0 atom stereocenters. The minimum atomic E-state index is -0.601. The zero-order valence-electron chi connectivity index (χ0n) is 15.0. The molecule has 0 radical (unpaired) electrons. The Balaban J connectivity index is 2.16. The molecule has 3 rings (SSSR count). The molecule has 142 valence electrons. The molecule has 1 heterocycles. The number of carbonyl (C=O) groups excluding carboxylic acids is 1. The van der Waals surface area contributed by atoms with Crippen LogP contribution in [0.15, 0.2) is 65.3 Å². The fourth-order valence-corrected chi connectivity index (χ4v) is 2.66. The van der Waals surface area contributed by atoms with E-state index in [4.69, 9.17) is 13.9 Å². The molecule has 0 aliphatic carbocycles. The summed E-state index contributed by atoms with van der Waals surface area (Å²) in [5.41, 5.74) is 0.336. The second-order valence-electron chi connectivity index (χ2n) is 5.73. The van der Waals surface area contributed by atoms with Crippen LogP contribution in [0.3, 0.4) is 0 Å². The molecule has 0 aliphatic heterocycles. The van der Waals surface area contributed by atoms with Crippen molar-refractivity contribution >= 4 is 23.6 Å². The van der Waals surface area contributed by atoms with Gasteiger partial charge in [-0.15, -0.1) is 0 Å². The Morgan fingerprint density at radius 3 is 2.54 bits per heavy atom. The van der Waals surface area contributed by atoms with Gasteiger partial charge >= 0.3 is 0 Å². The van der Waals surface area contributed by atoms with Crippen LogP contribution < -0.4 is 4.74 Å². The summed E-state index contributed by atoms with van der Waals surface area (Å²) in [7, 11) is 1.43. The number of nitro benzene ring substituents is 1. The Bertz CT molecular complexity index is 993. The number of ether oxygens (including phenoxy) is 2. The van der Waals surface area contributed by atoms with Gasteiger partial charge in [-0.25, -0.2) is 0 Å². The summed E-state index contributed by atoms with van der Waals surface area (Å²) in [6, 6.07) is 14.6. The molecule has 1 aromatic heterocycles. The first kappa shape index (κ1) is 19.1. The maximum Gasteiger partial charge on any atom is 0.284 e. The number of benzene rings is 2. The number of hydrogen-bond acceptors (Lipinski definition) is 6. The number of carbonyl (C=O) groups is 1. The van der Waals surface area contributed by atoms with Gasteiger partial charge in [-0.1, -0.05) is 30.3 Å². The van der Waals surface area contributed by atoms with Crippen LogP contribution in [0.2, 0.25) is 0 Å². The van der Waals surface area contributed by atoms with Crippen molar-refractivity contribution in [2.24, 2.45) is 0 Å². The van der Waals surface area contributed by atoms with Crippen molar-refractivity contribution in [2.45, 2.75) is 0 Å². The third-order valence-electron chi connectivity index (χ3n) is 3.92. The third kappa shape index (κ3) is 4.16. The Kier molecular flexibility index (Phi) is 5.98. The Morgan fingerprint density at radius 1 is 1.11 bits per heavy atom. The van der Waals surface area contributed by atoms with Crippen LogP contribution in [0.1, 0.15) is 27.2 Å². The monoisotopic (exact) mass is 379 g/mol. The van der Waals surface area contributed by atoms with Crippen LogP contribution in [0.4, 0.5) is 5.69 Å². The number of hydrogen-bond donors (Lipinski definition) is 0. The number of ketones is 1. The second kappa shape index (κ2) is 8.79. The molecule has 28 heavy (non-hydrogen) atoms. The van der Waals surface area contributed by atoms with E-state index in [9.17, 15) is 14.9 Å². The Hall–Kier alpha value is -3.71. The fraction of sp³-hybridized carbons (Fsp3) is 0.0952. The highest BCUT2D eigenvalue weighted by atomic mass is 16.7. The quantitative estimate of drug-likeness (QED) is 0.246. The van der Waals surface area contributed by atoms with Gasteiger partial charge in [0.15, 0.2) is 6.79 Å².